The molecular formula is C25H26FN3O2S. The summed E-state index contributed by atoms with van der Waals surface area (Å²) in [5.74, 6) is -0.529. The zero-order chi connectivity index (χ0) is 22.9. The van der Waals surface area contributed by atoms with Crippen LogP contribution in [-0.2, 0) is 17.9 Å². The van der Waals surface area contributed by atoms with E-state index in [1.165, 1.54) is 17.0 Å². The van der Waals surface area contributed by atoms with Crippen LogP contribution in [0.25, 0.3) is 0 Å². The summed E-state index contributed by atoms with van der Waals surface area (Å²) in [5.41, 5.74) is 2.56. The molecule has 1 aromatic heterocycles. The molecule has 1 N–H and O–H groups in total. The number of nitrogens with zero attached hydrogens (tertiary/aromatic N) is 2. The lowest BCUT2D eigenvalue weighted by Crippen LogP contribution is -2.44. The summed E-state index contributed by atoms with van der Waals surface area (Å²) in [6.07, 6.45) is 1.59. The number of urea groups is 1. The average molecular weight is 452 g/mol. The Morgan fingerprint density at radius 1 is 1.03 bits per heavy atom. The van der Waals surface area contributed by atoms with Crippen molar-refractivity contribution in [3.63, 3.8) is 0 Å². The second-order valence-electron chi connectivity index (χ2n) is 7.42. The Bertz CT molecular complexity index is 1030. The molecule has 0 radical (unpaired) electrons. The van der Waals surface area contributed by atoms with Crippen LogP contribution in [-0.4, -0.2) is 34.8 Å². The standard InChI is InChI=1S/C25H26FN3O2S/c1-3-14-28(25(31)27-22-12-6-19(2)7-13-22)18-24(30)29(17-23-5-4-15-32-23)16-20-8-10-21(26)11-9-20/h3-13,15H,1,14,16-18H2,2H3,(H,27,31). The second kappa shape index (κ2) is 11.2. The fourth-order valence-corrected chi connectivity index (χ4v) is 3.83. The molecular weight excluding hydrogens is 425 g/mol. The predicted octanol–water partition coefficient (Wildman–Crippen LogP) is 5.44. The number of carbonyl (C=O) groups is 2. The van der Waals surface area contributed by atoms with Gasteiger partial charge in [0.05, 0.1) is 6.54 Å². The Labute approximate surface area is 191 Å². The molecule has 0 saturated carbocycles. The number of halogens is 1. The Balaban J connectivity index is 1.72. The van der Waals surface area contributed by atoms with Crippen molar-refractivity contribution in [2.75, 3.05) is 18.4 Å². The van der Waals surface area contributed by atoms with E-state index in [0.717, 1.165) is 16.0 Å². The predicted molar refractivity (Wildman–Crippen MR) is 127 cm³/mol. The zero-order valence-electron chi connectivity index (χ0n) is 18.0. The SMILES string of the molecule is C=CCN(CC(=O)N(Cc1ccc(F)cc1)Cc1cccs1)C(=O)Nc1ccc(C)cc1. The van der Waals surface area contributed by atoms with Crippen LogP contribution in [0.4, 0.5) is 14.9 Å². The quantitative estimate of drug-likeness (QED) is 0.440. The molecule has 7 heteroatoms. The summed E-state index contributed by atoms with van der Waals surface area (Å²) in [6.45, 7) is 6.54. The molecule has 2 aromatic carbocycles. The van der Waals surface area contributed by atoms with E-state index in [1.54, 1.807) is 34.4 Å². The van der Waals surface area contributed by atoms with Gasteiger partial charge >= 0.3 is 6.03 Å². The minimum absolute atomic E-state index is 0.101. The number of hydrogen-bond donors (Lipinski definition) is 1. The van der Waals surface area contributed by atoms with Crippen LogP contribution in [0.1, 0.15) is 16.0 Å². The van der Waals surface area contributed by atoms with E-state index in [1.807, 2.05) is 48.7 Å². The van der Waals surface area contributed by atoms with Gasteiger partial charge in [-0.2, -0.15) is 0 Å². The third-order valence-electron chi connectivity index (χ3n) is 4.83. The van der Waals surface area contributed by atoms with Crippen LogP contribution in [0.3, 0.4) is 0 Å². The first-order valence-corrected chi connectivity index (χ1v) is 11.1. The Kier molecular flexibility index (Phi) is 8.16. The van der Waals surface area contributed by atoms with Crippen molar-refractivity contribution in [1.29, 1.82) is 0 Å². The molecule has 3 amide bonds. The highest BCUT2D eigenvalue weighted by Crippen LogP contribution is 2.16. The van der Waals surface area contributed by atoms with Crippen molar-refractivity contribution < 1.29 is 14.0 Å². The lowest BCUT2D eigenvalue weighted by molar-refractivity contribution is -0.132. The van der Waals surface area contributed by atoms with Crippen LogP contribution in [0.5, 0.6) is 0 Å². The van der Waals surface area contributed by atoms with Gasteiger partial charge in [-0.3, -0.25) is 4.79 Å². The molecule has 0 spiro atoms. The first kappa shape index (κ1) is 23.2. The molecule has 0 saturated heterocycles. The molecule has 0 bridgehead atoms. The molecule has 0 fully saturated rings. The molecule has 0 aliphatic heterocycles. The number of nitrogens with one attached hydrogen (secondary N) is 1. The maximum absolute atomic E-state index is 13.3. The maximum atomic E-state index is 13.3. The van der Waals surface area contributed by atoms with Gasteiger partial charge in [0.1, 0.15) is 12.4 Å². The summed E-state index contributed by atoms with van der Waals surface area (Å²) in [4.78, 5) is 30.2. The van der Waals surface area contributed by atoms with Gasteiger partial charge in [-0.05, 0) is 48.2 Å². The number of thiophene rings is 1. The fraction of sp³-hybridized carbons (Fsp3) is 0.200. The van der Waals surface area contributed by atoms with Crippen molar-refractivity contribution in [2.45, 2.75) is 20.0 Å². The van der Waals surface area contributed by atoms with Gasteiger partial charge in [-0.25, -0.2) is 9.18 Å². The number of aryl methyl sites for hydroxylation is 1. The van der Waals surface area contributed by atoms with Crippen molar-refractivity contribution in [1.82, 2.24) is 9.80 Å². The molecule has 0 atom stereocenters. The summed E-state index contributed by atoms with van der Waals surface area (Å²) >= 11 is 1.56. The summed E-state index contributed by atoms with van der Waals surface area (Å²) in [7, 11) is 0. The number of hydrogen-bond acceptors (Lipinski definition) is 3. The minimum atomic E-state index is -0.375. The fourth-order valence-electron chi connectivity index (χ4n) is 3.11. The molecule has 0 aliphatic carbocycles. The van der Waals surface area contributed by atoms with Gasteiger partial charge in [-0.1, -0.05) is 42.0 Å². The third kappa shape index (κ3) is 6.78. The first-order valence-electron chi connectivity index (χ1n) is 10.2. The van der Waals surface area contributed by atoms with E-state index in [0.29, 0.717) is 18.8 Å². The lowest BCUT2D eigenvalue weighted by Gasteiger charge is -2.27. The van der Waals surface area contributed by atoms with Crippen molar-refractivity contribution >= 4 is 29.0 Å². The summed E-state index contributed by atoms with van der Waals surface area (Å²) in [5, 5.41) is 4.78. The molecule has 0 unspecified atom stereocenters. The van der Waals surface area contributed by atoms with Crippen LogP contribution in [0.15, 0.2) is 78.7 Å². The number of carbonyl (C=O) groups excluding carboxylic acids is 2. The van der Waals surface area contributed by atoms with E-state index in [4.69, 9.17) is 0 Å². The van der Waals surface area contributed by atoms with Crippen molar-refractivity contribution in [3.8, 4) is 0 Å². The molecule has 166 valence electrons. The number of anilines is 1. The van der Waals surface area contributed by atoms with Gasteiger partial charge in [0.25, 0.3) is 0 Å². The van der Waals surface area contributed by atoms with E-state index in [2.05, 4.69) is 11.9 Å². The van der Waals surface area contributed by atoms with Gasteiger partial charge in [-0.15, -0.1) is 17.9 Å². The summed E-state index contributed by atoms with van der Waals surface area (Å²) < 4.78 is 13.3. The van der Waals surface area contributed by atoms with E-state index in [9.17, 15) is 14.0 Å². The average Bonchev–Trinajstić information content (AvgIpc) is 3.29. The molecule has 1 heterocycles. The lowest BCUT2D eigenvalue weighted by atomic mass is 10.2. The molecule has 3 aromatic rings. The van der Waals surface area contributed by atoms with Gasteiger partial charge in [0.15, 0.2) is 0 Å². The second-order valence-corrected chi connectivity index (χ2v) is 8.45. The van der Waals surface area contributed by atoms with Crippen LogP contribution < -0.4 is 5.32 Å². The largest absolute Gasteiger partial charge is 0.332 e. The number of amides is 3. The highest BCUT2D eigenvalue weighted by molar-refractivity contribution is 7.09. The van der Waals surface area contributed by atoms with E-state index >= 15 is 0 Å². The highest BCUT2D eigenvalue weighted by Gasteiger charge is 2.21. The monoisotopic (exact) mass is 451 g/mol. The summed E-state index contributed by atoms with van der Waals surface area (Å²) in [6, 6.07) is 17.0. The third-order valence-corrected chi connectivity index (χ3v) is 5.69. The van der Waals surface area contributed by atoms with Crippen LogP contribution in [0.2, 0.25) is 0 Å². The molecule has 32 heavy (non-hydrogen) atoms. The first-order chi connectivity index (χ1) is 15.4. The Morgan fingerprint density at radius 3 is 2.38 bits per heavy atom. The molecule has 5 nitrogen and oxygen atoms in total. The van der Waals surface area contributed by atoms with Crippen molar-refractivity contribution in [2.24, 2.45) is 0 Å². The van der Waals surface area contributed by atoms with E-state index in [-0.39, 0.29) is 30.8 Å². The molecule has 0 aliphatic rings. The molecule has 3 rings (SSSR count). The maximum Gasteiger partial charge on any atom is 0.322 e. The normalized spacial score (nSPS) is 10.4. The Hall–Kier alpha value is -3.45. The number of rotatable bonds is 9. The van der Waals surface area contributed by atoms with E-state index < -0.39 is 0 Å². The van der Waals surface area contributed by atoms with Crippen LogP contribution >= 0.6 is 11.3 Å². The van der Waals surface area contributed by atoms with Gasteiger partial charge in [0.2, 0.25) is 5.91 Å². The van der Waals surface area contributed by atoms with Crippen LogP contribution in [0, 0.1) is 12.7 Å². The Morgan fingerprint density at radius 2 is 1.75 bits per heavy atom. The minimum Gasteiger partial charge on any atom is -0.332 e. The van der Waals surface area contributed by atoms with Gasteiger partial charge in [0, 0.05) is 23.7 Å². The zero-order valence-corrected chi connectivity index (χ0v) is 18.8. The smallest absolute Gasteiger partial charge is 0.322 e. The topological polar surface area (TPSA) is 52.7 Å². The van der Waals surface area contributed by atoms with Gasteiger partial charge < -0.3 is 15.1 Å². The number of benzene rings is 2. The van der Waals surface area contributed by atoms with Crippen molar-refractivity contribution in [3.05, 3.63) is 101 Å². The highest BCUT2D eigenvalue weighted by atomic mass is 32.1.